The van der Waals surface area contributed by atoms with Gasteiger partial charge in [-0.15, -0.1) is 11.3 Å². The SMILES string of the molecule is O=C(C1CCCC1)N(CC(=O)N1CCc2sccc2C1COc1ccccc1)C1CC1. The minimum absolute atomic E-state index is 0.0526. The van der Waals surface area contributed by atoms with Crippen LogP contribution in [-0.4, -0.2) is 47.4 Å². The van der Waals surface area contributed by atoms with Gasteiger partial charge in [0.1, 0.15) is 18.9 Å². The third-order valence-corrected chi connectivity index (χ3v) is 7.84. The summed E-state index contributed by atoms with van der Waals surface area (Å²) in [6.07, 6.45) is 7.16. The Labute approximate surface area is 188 Å². The fourth-order valence-corrected chi connectivity index (χ4v) is 5.91. The van der Waals surface area contributed by atoms with Crippen molar-refractivity contribution >= 4 is 23.2 Å². The molecule has 2 fully saturated rings. The molecule has 1 atom stereocenters. The summed E-state index contributed by atoms with van der Waals surface area (Å²) in [7, 11) is 0. The summed E-state index contributed by atoms with van der Waals surface area (Å²) in [6.45, 7) is 1.33. The first kappa shape index (κ1) is 20.6. The lowest BCUT2D eigenvalue weighted by Gasteiger charge is -2.37. The van der Waals surface area contributed by atoms with E-state index < -0.39 is 0 Å². The fraction of sp³-hybridized carbons (Fsp3) is 0.520. The minimum Gasteiger partial charge on any atom is -0.491 e. The number of hydrogen-bond donors (Lipinski definition) is 0. The lowest BCUT2D eigenvalue weighted by atomic mass is 10.00. The highest BCUT2D eigenvalue weighted by Gasteiger charge is 2.40. The summed E-state index contributed by atoms with van der Waals surface area (Å²) in [5.41, 5.74) is 1.20. The Morgan fingerprint density at radius 3 is 2.58 bits per heavy atom. The Morgan fingerprint density at radius 1 is 1.06 bits per heavy atom. The van der Waals surface area contributed by atoms with Crippen LogP contribution in [0.4, 0.5) is 0 Å². The summed E-state index contributed by atoms with van der Waals surface area (Å²) in [4.78, 5) is 31.8. The molecule has 0 saturated heterocycles. The van der Waals surface area contributed by atoms with E-state index in [1.54, 1.807) is 11.3 Å². The molecule has 1 unspecified atom stereocenters. The van der Waals surface area contributed by atoms with Crippen LogP contribution < -0.4 is 4.74 Å². The molecule has 2 heterocycles. The van der Waals surface area contributed by atoms with Crippen molar-refractivity contribution in [2.45, 2.75) is 57.0 Å². The number of fused-ring (bicyclic) bond motifs is 1. The van der Waals surface area contributed by atoms with E-state index in [2.05, 4.69) is 11.4 Å². The predicted molar refractivity (Wildman–Crippen MR) is 121 cm³/mol. The van der Waals surface area contributed by atoms with E-state index in [1.807, 2.05) is 40.1 Å². The minimum atomic E-state index is -0.106. The fourth-order valence-electron chi connectivity index (χ4n) is 4.98. The van der Waals surface area contributed by atoms with Crippen LogP contribution in [0.15, 0.2) is 41.8 Å². The number of nitrogens with zero attached hydrogens (tertiary/aromatic N) is 2. The Kier molecular flexibility index (Phi) is 5.99. The van der Waals surface area contributed by atoms with Crippen LogP contribution in [0, 0.1) is 5.92 Å². The highest BCUT2D eigenvalue weighted by molar-refractivity contribution is 7.10. The second-order valence-electron chi connectivity index (χ2n) is 8.95. The van der Waals surface area contributed by atoms with Crippen molar-refractivity contribution < 1.29 is 14.3 Å². The third kappa shape index (κ3) is 4.49. The Bertz CT molecular complexity index is 918. The first-order valence-corrected chi connectivity index (χ1v) is 12.4. The second kappa shape index (κ2) is 9.03. The molecule has 3 aliphatic rings. The van der Waals surface area contributed by atoms with Gasteiger partial charge in [-0.05, 0) is 61.2 Å². The molecule has 0 N–H and O–H groups in total. The normalized spacial score (nSPS) is 21.0. The quantitative estimate of drug-likeness (QED) is 0.642. The van der Waals surface area contributed by atoms with E-state index in [0.717, 1.165) is 50.7 Å². The van der Waals surface area contributed by atoms with E-state index in [4.69, 9.17) is 4.74 Å². The summed E-state index contributed by atoms with van der Waals surface area (Å²) in [6, 6.07) is 12.0. The van der Waals surface area contributed by atoms with E-state index in [0.29, 0.717) is 13.2 Å². The van der Waals surface area contributed by atoms with Gasteiger partial charge in [0.2, 0.25) is 11.8 Å². The van der Waals surface area contributed by atoms with Crippen molar-refractivity contribution in [3.63, 3.8) is 0 Å². The number of hydrogen-bond acceptors (Lipinski definition) is 4. The molecule has 2 saturated carbocycles. The first-order chi connectivity index (χ1) is 15.2. The highest BCUT2D eigenvalue weighted by Crippen LogP contribution is 2.36. The third-order valence-electron chi connectivity index (χ3n) is 6.85. The summed E-state index contributed by atoms with van der Waals surface area (Å²) in [5, 5.41) is 2.11. The summed E-state index contributed by atoms with van der Waals surface area (Å²) >= 11 is 1.76. The molecule has 0 bridgehead atoms. The molecule has 2 aromatic rings. The Balaban J connectivity index is 1.31. The van der Waals surface area contributed by atoms with Crippen LogP contribution in [-0.2, 0) is 16.0 Å². The predicted octanol–water partition coefficient (Wildman–Crippen LogP) is 4.43. The largest absolute Gasteiger partial charge is 0.491 e. The average molecular weight is 439 g/mol. The molecular weight excluding hydrogens is 408 g/mol. The number of benzene rings is 1. The molecule has 164 valence electrons. The van der Waals surface area contributed by atoms with E-state index in [-0.39, 0.29) is 36.4 Å². The monoisotopic (exact) mass is 438 g/mol. The van der Waals surface area contributed by atoms with Gasteiger partial charge in [0, 0.05) is 23.4 Å². The topological polar surface area (TPSA) is 49.9 Å². The van der Waals surface area contributed by atoms with Crippen LogP contribution in [0.1, 0.15) is 55.0 Å². The van der Waals surface area contributed by atoms with Crippen molar-refractivity contribution in [2.24, 2.45) is 5.92 Å². The Hall–Kier alpha value is -2.34. The zero-order valence-corrected chi connectivity index (χ0v) is 18.7. The molecule has 31 heavy (non-hydrogen) atoms. The molecular formula is C25H30N2O3S. The lowest BCUT2D eigenvalue weighted by Crippen LogP contribution is -2.49. The number of carbonyl (C=O) groups excluding carboxylic acids is 2. The second-order valence-corrected chi connectivity index (χ2v) is 9.96. The zero-order chi connectivity index (χ0) is 21.2. The smallest absolute Gasteiger partial charge is 0.242 e. The molecule has 5 rings (SSSR count). The average Bonchev–Trinajstić information content (AvgIpc) is 3.27. The van der Waals surface area contributed by atoms with Crippen LogP contribution in [0.25, 0.3) is 0 Å². The molecule has 0 spiro atoms. The summed E-state index contributed by atoms with van der Waals surface area (Å²) < 4.78 is 6.08. The highest BCUT2D eigenvalue weighted by atomic mass is 32.1. The van der Waals surface area contributed by atoms with Gasteiger partial charge in [-0.1, -0.05) is 31.0 Å². The number of thiophene rings is 1. The van der Waals surface area contributed by atoms with E-state index in [9.17, 15) is 9.59 Å². The van der Waals surface area contributed by atoms with Gasteiger partial charge in [-0.25, -0.2) is 0 Å². The number of rotatable bonds is 7. The number of amides is 2. The lowest BCUT2D eigenvalue weighted by molar-refractivity contribution is -0.145. The molecule has 2 amide bonds. The standard InChI is InChI=1S/C25H30N2O3S/c28-24(16-27(19-10-11-19)25(29)18-6-4-5-7-18)26-14-12-23-21(13-15-31-23)22(26)17-30-20-8-2-1-3-9-20/h1-3,8-9,13,15,18-19,22H,4-7,10-12,14,16-17H2. The van der Waals surface area contributed by atoms with Crippen molar-refractivity contribution in [3.8, 4) is 5.75 Å². The van der Waals surface area contributed by atoms with Crippen molar-refractivity contribution in [2.75, 3.05) is 19.7 Å². The maximum atomic E-state index is 13.5. The van der Waals surface area contributed by atoms with Gasteiger partial charge < -0.3 is 14.5 Å². The summed E-state index contributed by atoms with van der Waals surface area (Å²) in [5.74, 6) is 1.19. The molecule has 6 heteroatoms. The maximum Gasteiger partial charge on any atom is 0.242 e. The molecule has 5 nitrogen and oxygen atoms in total. The Morgan fingerprint density at radius 2 is 1.84 bits per heavy atom. The molecule has 0 radical (unpaired) electrons. The zero-order valence-electron chi connectivity index (χ0n) is 17.9. The van der Waals surface area contributed by atoms with E-state index >= 15 is 0 Å². The van der Waals surface area contributed by atoms with Crippen LogP contribution in [0.5, 0.6) is 5.75 Å². The van der Waals surface area contributed by atoms with Crippen LogP contribution in [0.2, 0.25) is 0 Å². The molecule has 1 aromatic carbocycles. The van der Waals surface area contributed by atoms with Gasteiger partial charge in [0.25, 0.3) is 0 Å². The number of ether oxygens (including phenoxy) is 1. The molecule has 1 aromatic heterocycles. The van der Waals surface area contributed by atoms with Gasteiger partial charge in [0.15, 0.2) is 0 Å². The van der Waals surface area contributed by atoms with Crippen molar-refractivity contribution in [3.05, 3.63) is 52.2 Å². The first-order valence-electron chi connectivity index (χ1n) is 11.5. The van der Waals surface area contributed by atoms with Crippen LogP contribution >= 0.6 is 11.3 Å². The molecule has 2 aliphatic carbocycles. The van der Waals surface area contributed by atoms with E-state index in [1.165, 1.54) is 10.4 Å². The number of para-hydroxylation sites is 1. The van der Waals surface area contributed by atoms with Crippen molar-refractivity contribution in [1.82, 2.24) is 9.80 Å². The van der Waals surface area contributed by atoms with Crippen LogP contribution in [0.3, 0.4) is 0 Å². The van der Waals surface area contributed by atoms with Gasteiger partial charge in [0.05, 0.1) is 6.04 Å². The maximum absolute atomic E-state index is 13.5. The van der Waals surface area contributed by atoms with Crippen molar-refractivity contribution in [1.29, 1.82) is 0 Å². The van der Waals surface area contributed by atoms with Gasteiger partial charge in [-0.3, -0.25) is 9.59 Å². The molecule has 1 aliphatic heterocycles. The van der Waals surface area contributed by atoms with Gasteiger partial charge >= 0.3 is 0 Å². The van der Waals surface area contributed by atoms with Gasteiger partial charge in [-0.2, -0.15) is 0 Å². The number of carbonyl (C=O) groups is 2.